The number of amides is 1. The zero-order chi connectivity index (χ0) is 11.4. The van der Waals surface area contributed by atoms with Crippen LogP contribution in [0.25, 0.3) is 0 Å². The molecule has 0 aromatic carbocycles. The van der Waals surface area contributed by atoms with Crippen LogP contribution in [0.5, 0.6) is 0 Å². The van der Waals surface area contributed by atoms with Gasteiger partial charge in [0.25, 0.3) is 0 Å². The van der Waals surface area contributed by atoms with Crippen LogP contribution in [0.3, 0.4) is 0 Å². The molecule has 2 aliphatic heterocycles. The second-order valence-electron chi connectivity index (χ2n) is 4.52. The molecule has 1 amide bonds. The van der Waals surface area contributed by atoms with E-state index in [1.165, 1.54) is 0 Å². The summed E-state index contributed by atoms with van der Waals surface area (Å²) < 4.78 is 10.1. The van der Waals surface area contributed by atoms with Crippen molar-refractivity contribution in [1.29, 1.82) is 0 Å². The standard InChI is InChI=1S/C11H20N2O3/c1-15-2-3-16-8-11(14)13-6-9-4-12-5-10(9)7-13/h9-10,12H,2-8H2,1H3. The maximum absolute atomic E-state index is 11.8. The summed E-state index contributed by atoms with van der Waals surface area (Å²) in [6.45, 7) is 5.12. The van der Waals surface area contributed by atoms with Crippen molar-refractivity contribution in [1.82, 2.24) is 10.2 Å². The minimum absolute atomic E-state index is 0.116. The molecule has 0 bridgehead atoms. The van der Waals surface area contributed by atoms with Gasteiger partial charge in [0.15, 0.2) is 0 Å². The molecule has 2 atom stereocenters. The van der Waals surface area contributed by atoms with E-state index in [1.807, 2.05) is 4.90 Å². The lowest BCUT2D eigenvalue weighted by molar-refractivity contribution is -0.135. The van der Waals surface area contributed by atoms with Crippen LogP contribution in [-0.2, 0) is 14.3 Å². The number of rotatable bonds is 5. The maximum Gasteiger partial charge on any atom is 0.248 e. The molecule has 5 heteroatoms. The first-order chi connectivity index (χ1) is 7.81. The predicted octanol–water partition coefficient (Wildman–Crippen LogP) is -0.673. The minimum Gasteiger partial charge on any atom is -0.382 e. The second kappa shape index (κ2) is 5.61. The highest BCUT2D eigenvalue weighted by Crippen LogP contribution is 2.26. The third-order valence-corrected chi connectivity index (χ3v) is 3.40. The van der Waals surface area contributed by atoms with E-state index in [0.717, 1.165) is 26.2 Å². The molecule has 0 spiro atoms. The third kappa shape index (κ3) is 2.72. The lowest BCUT2D eigenvalue weighted by Gasteiger charge is -2.17. The summed E-state index contributed by atoms with van der Waals surface area (Å²) >= 11 is 0. The third-order valence-electron chi connectivity index (χ3n) is 3.40. The van der Waals surface area contributed by atoms with E-state index < -0.39 is 0 Å². The smallest absolute Gasteiger partial charge is 0.248 e. The van der Waals surface area contributed by atoms with Crippen molar-refractivity contribution in [3.8, 4) is 0 Å². The van der Waals surface area contributed by atoms with Crippen LogP contribution in [0.15, 0.2) is 0 Å². The van der Waals surface area contributed by atoms with Gasteiger partial charge in [-0.05, 0) is 11.8 Å². The highest BCUT2D eigenvalue weighted by molar-refractivity contribution is 5.77. The van der Waals surface area contributed by atoms with Gasteiger partial charge < -0.3 is 19.7 Å². The first-order valence-electron chi connectivity index (χ1n) is 5.86. The summed E-state index contributed by atoms with van der Waals surface area (Å²) in [5.41, 5.74) is 0. The first-order valence-corrected chi connectivity index (χ1v) is 5.86. The molecular weight excluding hydrogens is 208 g/mol. The monoisotopic (exact) mass is 228 g/mol. The van der Waals surface area contributed by atoms with Crippen LogP contribution in [0.1, 0.15) is 0 Å². The van der Waals surface area contributed by atoms with Crippen LogP contribution in [0, 0.1) is 11.8 Å². The van der Waals surface area contributed by atoms with E-state index in [1.54, 1.807) is 7.11 Å². The van der Waals surface area contributed by atoms with E-state index in [4.69, 9.17) is 9.47 Å². The average molecular weight is 228 g/mol. The predicted molar refractivity (Wildman–Crippen MR) is 59.1 cm³/mol. The maximum atomic E-state index is 11.8. The normalized spacial score (nSPS) is 28.4. The Labute approximate surface area is 96.1 Å². The topological polar surface area (TPSA) is 50.8 Å². The molecule has 2 saturated heterocycles. The summed E-state index contributed by atoms with van der Waals surface area (Å²) in [5.74, 6) is 1.43. The Morgan fingerprint density at radius 3 is 2.62 bits per heavy atom. The number of methoxy groups -OCH3 is 1. The molecule has 2 heterocycles. The molecule has 16 heavy (non-hydrogen) atoms. The second-order valence-corrected chi connectivity index (χ2v) is 4.52. The molecule has 2 unspecified atom stereocenters. The Morgan fingerprint density at radius 1 is 1.31 bits per heavy atom. The average Bonchev–Trinajstić information content (AvgIpc) is 2.83. The Bertz CT molecular complexity index is 235. The number of hydrogen-bond acceptors (Lipinski definition) is 4. The molecule has 2 fully saturated rings. The van der Waals surface area contributed by atoms with Crippen molar-refractivity contribution < 1.29 is 14.3 Å². The summed E-state index contributed by atoms with van der Waals surface area (Å²) in [4.78, 5) is 13.7. The molecule has 5 nitrogen and oxygen atoms in total. The van der Waals surface area contributed by atoms with Gasteiger partial charge in [0.05, 0.1) is 13.2 Å². The number of fused-ring (bicyclic) bond motifs is 1. The molecule has 1 N–H and O–H groups in total. The SMILES string of the molecule is COCCOCC(=O)N1CC2CNCC2C1. The number of likely N-dealkylation sites (tertiary alicyclic amines) is 1. The molecule has 92 valence electrons. The molecule has 0 saturated carbocycles. The summed E-state index contributed by atoms with van der Waals surface area (Å²) in [7, 11) is 1.62. The van der Waals surface area contributed by atoms with Crippen LogP contribution >= 0.6 is 0 Å². The van der Waals surface area contributed by atoms with Crippen molar-refractivity contribution in [2.75, 3.05) is 53.1 Å². The highest BCUT2D eigenvalue weighted by atomic mass is 16.5. The van der Waals surface area contributed by atoms with Crippen molar-refractivity contribution in [2.24, 2.45) is 11.8 Å². The van der Waals surface area contributed by atoms with Gasteiger partial charge in [0.2, 0.25) is 5.91 Å². The van der Waals surface area contributed by atoms with Gasteiger partial charge in [0.1, 0.15) is 6.61 Å². The summed E-state index contributed by atoms with van der Waals surface area (Å²) in [5, 5.41) is 3.36. The lowest BCUT2D eigenvalue weighted by atomic mass is 10.0. The van der Waals surface area contributed by atoms with Crippen molar-refractivity contribution >= 4 is 5.91 Å². The van der Waals surface area contributed by atoms with Gasteiger partial charge in [-0.15, -0.1) is 0 Å². The van der Waals surface area contributed by atoms with E-state index in [0.29, 0.717) is 25.0 Å². The van der Waals surface area contributed by atoms with Gasteiger partial charge >= 0.3 is 0 Å². The first kappa shape index (κ1) is 11.8. The van der Waals surface area contributed by atoms with Crippen molar-refractivity contribution in [3.05, 3.63) is 0 Å². The zero-order valence-corrected chi connectivity index (χ0v) is 9.78. The molecular formula is C11H20N2O3. The van der Waals surface area contributed by atoms with Gasteiger partial charge in [0, 0.05) is 33.3 Å². The Kier molecular flexibility index (Phi) is 4.15. The molecule has 0 radical (unpaired) electrons. The quantitative estimate of drug-likeness (QED) is 0.634. The number of carbonyl (C=O) groups is 1. The minimum atomic E-state index is 0.116. The highest BCUT2D eigenvalue weighted by Gasteiger charge is 2.37. The number of carbonyl (C=O) groups excluding carboxylic acids is 1. The fraction of sp³-hybridized carbons (Fsp3) is 0.909. The van der Waals surface area contributed by atoms with Crippen LogP contribution < -0.4 is 5.32 Å². The Balaban J connectivity index is 1.66. The molecule has 2 aliphatic rings. The van der Waals surface area contributed by atoms with Gasteiger partial charge in [-0.2, -0.15) is 0 Å². The van der Waals surface area contributed by atoms with E-state index in [2.05, 4.69) is 5.32 Å². The van der Waals surface area contributed by atoms with Gasteiger partial charge in [-0.25, -0.2) is 0 Å². The Morgan fingerprint density at radius 2 is 2.00 bits per heavy atom. The molecule has 0 aromatic rings. The summed E-state index contributed by atoms with van der Waals surface area (Å²) in [6.07, 6.45) is 0. The fourth-order valence-corrected chi connectivity index (χ4v) is 2.45. The molecule has 2 rings (SSSR count). The lowest BCUT2D eigenvalue weighted by Crippen LogP contribution is -2.34. The number of nitrogens with one attached hydrogen (secondary N) is 1. The van der Waals surface area contributed by atoms with Crippen LogP contribution in [0.2, 0.25) is 0 Å². The van der Waals surface area contributed by atoms with Crippen molar-refractivity contribution in [3.63, 3.8) is 0 Å². The van der Waals surface area contributed by atoms with Crippen LogP contribution in [-0.4, -0.2) is 63.9 Å². The van der Waals surface area contributed by atoms with Crippen LogP contribution in [0.4, 0.5) is 0 Å². The molecule has 0 aromatic heterocycles. The largest absolute Gasteiger partial charge is 0.382 e. The zero-order valence-electron chi connectivity index (χ0n) is 9.78. The fourth-order valence-electron chi connectivity index (χ4n) is 2.45. The van der Waals surface area contributed by atoms with Crippen molar-refractivity contribution in [2.45, 2.75) is 0 Å². The van der Waals surface area contributed by atoms with Gasteiger partial charge in [-0.1, -0.05) is 0 Å². The van der Waals surface area contributed by atoms with E-state index in [9.17, 15) is 4.79 Å². The van der Waals surface area contributed by atoms with E-state index in [-0.39, 0.29) is 12.5 Å². The van der Waals surface area contributed by atoms with E-state index >= 15 is 0 Å². The number of ether oxygens (including phenoxy) is 2. The van der Waals surface area contributed by atoms with Gasteiger partial charge in [-0.3, -0.25) is 4.79 Å². The number of nitrogens with zero attached hydrogens (tertiary/aromatic N) is 1. The Hall–Kier alpha value is -0.650. The number of hydrogen-bond donors (Lipinski definition) is 1. The molecule has 0 aliphatic carbocycles. The summed E-state index contributed by atoms with van der Waals surface area (Å²) in [6, 6.07) is 0.